The van der Waals surface area contributed by atoms with Crippen LogP contribution < -0.4 is 5.32 Å². The average Bonchev–Trinajstić information content (AvgIpc) is 2.98. The molecule has 1 fully saturated rings. The van der Waals surface area contributed by atoms with Gasteiger partial charge in [-0.15, -0.1) is 0 Å². The lowest BCUT2D eigenvalue weighted by atomic mass is 10.1. The van der Waals surface area contributed by atoms with Crippen molar-refractivity contribution in [3.8, 4) is 0 Å². The number of esters is 1. The molecule has 3 rings (SSSR count). The number of carbonyl (C=O) groups excluding carboxylic acids is 1. The van der Waals surface area contributed by atoms with Crippen LogP contribution in [0.4, 0.5) is 24.5 Å². The molecular weight excluding hydrogens is 375 g/mol. The van der Waals surface area contributed by atoms with E-state index in [2.05, 4.69) is 5.32 Å². The molecule has 1 heterocycles. The largest absolute Gasteiger partial charge is 0.459 e. The van der Waals surface area contributed by atoms with Crippen molar-refractivity contribution in [2.75, 3.05) is 18.5 Å². The van der Waals surface area contributed by atoms with E-state index in [9.17, 15) is 18.0 Å². The Hall–Kier alpha value is -2.58. The molecule has 1 N–H and O–H groups in total. The molecule has 0 aromatic heterocycles. The zero-order valence-corrected chi connectivity index (χ0v) is 15.6. The third-order valence-corrected chi connectivity index (χ3v) is 4.17. The van der Waals surface area contributed by atoms with Crippen LogP contribution in [0.2, 0.25) is 0 Å². The number of ether oxygens (including phenoxy) is 3. The van der Waals surface area contributed by atoms with Gasteiger partial charge in [0.05, 0.1) is 23.5 Å². The number of hydrogen-bond donors (Lipinski definition) is 1. The molecule has 0 bridgehead atoms. The second kappa shape index (κ2) is 7.81. The van der Waals surface area contributed by atoms with Gasteiger partial charge >= 0.3 is 5.97 Å². The van der Waals surface area contributed by atoms with Crippen molar-refractivity contribution < 1.29 is 32.2 Å². The number of benzene rings is 2. The highest BCUT2D eigenvalue weighted by Gasteiger charge is 2.33. The maximum atomic E-state index is 14.3. The minimum Gasteiger partial charge on any atom is -0.459 e. The second-order valence-electron chi connectivity index (χ2n) is 6.94. The summed E-state index contributed by atoms with van der Waals surface area (Å²) in [7, 11) is 0. The molecular formula is C20H20F3NO4. The maximum absolute atomic E-state index is 14.3. The molecule has 0 radical (unpaired) electrons. The number of halogens is 3. The molecule has 1 atom stereocenters. The van der Waals surface area contributed by atoms with Crippen LogP contribution in [-0.2, 0) is 14.2 Å². The molecule has 1 saturated heterocycles. The fourth-order valence-corrected chi connectivity index (χ4v) is 2.79. The van der Waals surface area contributed by atoms with Gasteiger partial charge in [-0.25, -0.2) is 18.0 Å². The summed E-state index contributed by atoms with van der Waals surface area (Å²) in [6.07, 6.45) is -0.477. The molecule has 28 heavy (non-hydrogen) atoms. The van der Waals surface area contributed by atoms with Crippen molar-refractivity contribution in [3.63, 3.8) is 0 Å². The summed E-state index contributed by atoms with van der Waals surface area (Å²) in [5.74, 6) is -4.84. The van der Waals surface area contributed by atoms with E-state index in [1.165, 1.54) is 12.1 Å². The van der Waals surface area contributed by atoms with Gasteiger partial charge in [0, 0.05) is 0 Å². The van der Waals surface area contributed by atoms with Crippen LogP contribution in [0.25, 0.3) is 0 Å². The van der Waals surface area contributed by atoms with Crippen LogP contribution >= 0.6 is 0 Å². The molecule has 0 amide bonds. The molecule has 1 aliphatic heterocycles. The van der Waals surface area contributed by atoms with E-state index in [1.54, 1.807) is 26.8 Å². The Morgan fingerprint density at radius 2 is 1.96 bits per heavy atom. The van der Waals surface area contributed by atoms with E-state index in [0.29, 0.717) is 5.56 Å². The molecule has 2 aromatic carbocycles. The average molecular weight is 395 g/mol. The normalized spacial score (nSPS) is 18.1. The molecule has 8 heteroatoms. The van der Waals surface area contributed by atoms with Crippen molar-refractivity contribution >= 4 is 17.3 Å². The Morgan fingerprint density at radius 1 is 1.21 bits per heavy atom. The molecule has 150 valence electrons. The van der Waals surface area contributed by atoms with E-state index in [1.807, 2.05) is 0 Å². The molecule has 0 aliphatic carbocycles. The van der Waals surface area contributed by atoms with Crippen LogP contribution in [-0.4, -0.2) is 31.1 Å². The number of anilines is 2. The van der Waals surface area contributed by atoms with Crippen molar-refractivity contribution in [2.45, 2.75) is 32.7 Å². The summed E-state index contributed by atoms with van der Waals surface area (Å²) in [4.78, 5) is 12.4. The predicted octanol–water partition coefficient (Wildman–Crippen LogP) is 4.46. The lowest BCUT2D eigenvalue weighted by molar-refractivity contribution is -0.142. The third-order valence-electron chi connectivity index (χ3n) is 4.17. The highest BCUT2D eigenvalue weighted by Crippen LogP contribution is 2.29. The second-order valence-corrected chi connectivity index (χ2v) is 6.94. The summed E-state index contributed by atoms with van der Waals surface area (Å²) in [6, 6.07) is 6.08. The Bertz CT molecular complexity index is 901. The van der Waals surface area contributed by atoms with Gasteiger partial charge in [-0.3, -0.25) is 0 Å². The van der Waals surface area contributed by atoms with Crippen molar-refractivity contribution in [1.29, 1.82) is 0 Å². The quantitative estimate of drug-likeness (QED) is 0.758. The standard InChI is InChI=1S/C20H20F3NO4/c1-11-4-7-16(15(22)8-11)24-18-13(5-6-14(21)17(18)23)19(25)26-9-12-10-27-20(2,3)28-12/h4-8,12,24H,9-10H2,1-3H3. The summed E-state index contributed by atoms with van der Waals surface area (Å²) < 4.78 is 58.2. The first-order valence-electron chi connectivity index (χ1n) is 8.66. The Labute approximate surface area is 160 Å². The number of nitrogens with one attached hydrogen (secondary N) is 1. The molecule has 2 aromatic rings. The van der Waals surface area contributed by atoms with E-state index >= 15 is 0 Å². The first kappa shape index (κ1) is 20.2. The zero-order valence-electron chi connectivity index (χ0n) is 15.6. The van der Waals surface area contributed by atoms with E-state index < -0.39 is 41.0 Å². The van der Waals surface area contributed by atoms with Crippen molar-refractivity contribution in [3.05, 3.63) is 58.9 Å². The highest BCUT2D eigenvalue weighted by atomic mass is 19.2. The summed E-state index contributed by atoms with van der Waals surface area (Å²) in [5.41, 5.74) is -0.212. The summed E-state index contributed by atoms with van der Waals surface area (Å²) in [5, 5.41) is 2.45. The third kappa shape index (κ3) is 4.45. The Morgan fingerprint density at radius 3 is 2.61 bits per heavy atom. The van der Waals surface area contributed by atoms with Crippen LogP contribution in [0.15, 0.2) is 30.3 Å². The fraction of sp³-hybridized carbons (Fsp3) is 0.350. The zero-order chi connectivity index (χ0) is 20.5. The van der Waals surface area contributed by atoms with Gasteiger partial charge in [-0.2, -0.15) is 0 Å². The highest BCUT2D eigenvalue weighted by molar-refractivity contribution is 5.96. The molecule has 0 saturated carbocycles. The first-order valence-corrected chi connectivity index (χ1v) is 8.66. The van der Waals surface area contributed by atoms with Crippen LogP contribution in [0.1, 0.15) is 29.8 Å². The number of aryl methyl sites for hydroxylation is 1. The maximum Gasteiger partial charge on any atom is 0.340 e. The topological polar surface area (TPSA) is 56.8 Å². The SMILES string of the molecule is Cc1ccc(Nc2c(C(=O)OCC3COC(C)(C)O3)ccc(F)c2F)c(F)c1. The van der Waals surface area contributed by atoms with Crippen molar-refractivity contribution in [1.82, 2.24) is 0 Å². The van der Waals surface area contributed by atoms with Gasteiger partial charge in [0.15, 0.2) is 17.4 Å². The fourth-order valence-electron chi connectivity index (χ4n) is 2.79. The summed E-state index contributed by atoms with van der Waals surface area (Å²) in [6.45, 7) is 5.25. The smallest absolute Gasteiger partial charge is 0.340 e. The van der Waals surface area contributed by atoms with E-state index in [0.717, 1.165) is 12.1 Å². The lowest BCUT2D eigenvalue weighted by Gasteiger charge is -2.17. The van der Waals surface area contributed by atoms with Gasteiger partial charge in [0.1, 0.15) is 18.5 Å². The van der Waals surface area contributed by atoms with Crippen LogP contribution in [0, 0.1) is 24.4 Å². The molecule has 1 aliphatic rings. The first-order chi connectivity index (χ1) is 13.2. The number of hydrogen-bond acceptors (Lipinski definition) is 5. The monoisotopic (exact) mass is 395 g/mol. The Balaban J connectivity index is 1.80. The van der Waals surface area contributed by atoms with E-state index in [-0.39, 0.29) is 24.5 Å². The molecule has 5 nitrogen and oxygen atoms in total. The summed E-state index contributed by atoms with van der Waals surface area (Å²) >= 11 is 0. The van der Waals surface area contributed by atoms with Crippen LogP contribution in [0.5, 0.6) is 0 Å². The number of rotatable bonds is 5. The predicted molar refractivity (Wildman–Crippen MR) is 96.0 cm³/mol. The van der Waals surface area contributed by atoms with Gasteiger partial charge in [0.25, 0.3) is 0 Å². The van der Waals surface area contributed by atoms with Gasteiger partial charge in [-0.05, 0) is 50.6 Å². The molecule has 1 unspecified atom stereocenters. The van der Waals surface area contributed by atoms with Gasteiger partial charge < -0.3 is 19.5 Å². The molecule has 0 spiro atoms. The van der Waals surface area contributed by atoms with Crippen LogP contribution in [0.3, 0.4) is 0 Å². The minimum absolute atomic E-state index is 0.0987. The van der Waals surface area contributed by atoms with Gasteiger partial charge in [-0.1, -0.05) is 6.07 Å². The minimum atomic E-state index is -1.31. The van der Waals surface area contributed by atoms with Crippen molar-refractivity contribution in [2.24, 2.45) is 0 Å². The lowest BCUT2D eigenvalue weighted by Crippen LogP contribution is -2.25. The van der Waals surface area contributed by atoms with E-state index in [4.69, 9.17) is 14.2 Å². The Kier molecular flexibility index (Phi) is 5.62. The number of carbonyl (C=O) groups is 1. The van der Waals surface area contributed by atoms with Gasteiger partial charge in [0.2, 0.25) is 0 Å².